The zero-order chi connectivity index (χ0) is 11.0. The van der Waals surface area contributed by atoms with E-state index in [1.54, 1.807) is 13.0 Å². The Labute approximate surface area is 84.9 Å². The summed E-state index contributed by atoms with van der Waals surface area (Å²) < 4.78 is 14.6. The van der Waals surface area contributed by atoms with Gasteiger partial charge in [0.2, 0.25) is 0 Å². The molecule has 0 radical (unpaired) electrons. The van der Waals surface area contributed by atoms with Gasteiger partial charge in [-0.25, -0.2) is 9.18 Å². The molecule has 2 rings (SSSR count). The van der Waals surface area contributed by atoms with Crippen molar-refractivity contribution in [2.75, 3.05) is 0 Å². The Hall–Kier alpha value is -1.91. The molecule has 0 saturated heterocycles. The molecule has 1 aromatic carbocycles. The number of fused-ring (bicyclic) bond motifs is 1. The molecule has 1 heterocycles. The summed E-state index contributed by atoms with van der Waals surface area (Å²) in [6, 6.07) is 4.30. The number of carboxylic acid groups (broad SMARTS) is 1. The van der Waals surface area contributed by atoms with Crippen molar-refractivity contribution in [2.24, 2.45) is 0 Å². The molecule has 0 aliphatic heterocycles. The summed E-state index contributed by atoms with van der Waals surface area (Å²) in [7, 11) is 0. The molecule has 15 heavy (non-hydrogen) atoms. The number of aryl methyl sites for hydroxylation is 1. The van der Waals surface area contributed by atoms with E-state index >= 15 is 0 Å². The molecule has 2 aromatic rings. The van der Waals surface area contributed by atoms with Crippen LogP contribution in [0.1, 0.15) is 17.4 Å². The molecule has 0 saturated carbocycles. The van der Waals surface area contributed by atoms with E-state index in [0.717, 1.165) is 0 Å². The van der Waals surface area contributed by atoms with Crippen LogP contribution in [0.2, 0.25) is 0 Å². The minimum absolute atomic E-state index is 0.0343. The fourth-order valence-corrected chi connectivity index (χ4v) is 1.57. The van der Waals surface area contributed by atoms with E-state index in [1.165, 1.54) is 16.8 Å². The summed E-state index contributed by atoms with van der Waals surface area (Å²) in [5, 5.41) is 13.2. The van der Waals surface area contributed by atoms with Crippen LogP contribution in [0.15, 0.2) is 18.2 Å². The standard InChI is InChI=1S/C10H9FN2O2/c1-2-13-9(10(14)15)6-4-3-5-7(11)8(6)12-13/h3-5H,2H2,1H3,(H,14,15). The van der Waals surface area contributed by atoms with Gasteiger partial charge in [0.25, 0.3) is 0 Å². The number of nitrogens with zero attached hydrogens (tertiary/aromatic N) is 2. The van der Waals surface area contributed by atoms with Crippen LogP contribution in [0.3, 0.4) is 0 Å². The molecule has 0 fully saturated rings. The number of aromatic carboxylic acids is 1. The van der Waals surface area contributed by atoms with Gasteiger partial charge in [0.05, 0.1) is 0 Å². The van der Waals surface area contributed by atoms with Crippen molar-refractivity contribution in [3.05, 3.63) is 29.7 Å². The van der Waals surface area contributed by atoms with Crippen LogP contribution in [0.5, 0.6) is 0 Å². The second-order valence-electron chi connectivity index (χ2n) is 3.11. The third kappa shape index (κ3) is 1.36. The van der Waals surface area contributed by atoms with Gasteiger partial charge in [-0.3, -0.25) is 4.68 Å². The first-order valence-corrected chi connectivity index (χ1v) is 4.53. The highest BCUT2D eigenvalue weighted by molar-refractivity contribution is 6.01. The Morgan fingerprint density at radius 3 is 2.93 bits per heavy atom. The Bertz CT molecular complexity index is 533. The van der Waals surface area contributed by atoms with Gasteiger partial charge >= 0.3 is 5.97 Å². The van der Waals surface area contributed by atoms with Crippen molar-refractivity contribution < 1.29 is 14.3 Å². The first kappa shape index (κ1) is 9.64. The highest BCUT2D eigenvalue weighted by Gasteiger charge is 2.18. The summed E-state index contributed by atoms with van der Waals surface area (Å²) in [4.78, 5) is 11.0. The Morgan fingerprint density at radius 1 is 1.60 bits per heavy atom. The lowest BCUT2D eigenvalue weighted by atomic mass is 10.2. The number of halogens is 1. The highest BCUT2D eigenvalue weighted by atomic mass is 19.1. The maximum atomic E-state index is 13.3. The molecule has 0 amide bonds. The highest BCUT2D eigenvalue weighted by Crippen LogP contribution is 2.20. The fourth-order valence-electron chi connectivity index (χ4n) is 1.57. The smallest absolute Gasteiger partial charge is 0.354 e. The summed E-state index contributed by atoms with van der Waals surface area (Å²) >= 11 is 0. The first-order chi connectivity index (χ1) is 7.15. The van der Waals surface area contributed by atoms with Crippen molar-refractivity contribution in [3.63, 3.8) is 0 Å². The summed E-state index contributed by atoms with van der Waals surface area (Å²) in [5.41, 5.74) is 0.142. The summed E-state index contributed by atoms with van der Waals surface area (Å²) in [6.45, 7) is 2.16. The molecule has 0 aliphatic carbocycles. The molecule has 4 nitrogen and oxygen atoms in total. The van der Waals surface area contributed by atoms with E-state index in [0.29, 0.717) is 11.9 Å². The first-order valence-electron chi connectivity index (χ1n) is 4.53. The second-order valence-corrected chi connectivity index (χ2v) is 3.11. The molecule has 0 aliphatic rings. The van der Waals surface area contributed by atoms with Gasteiger partial charge in [0.15, 0.2) is 11.5 Å². The molecular formula is C10H9FN2O2. The average molecular weight is 208 g/mol. The van der Waals surface area contributed by atoms with Crippen LogP contribution in [0.4, 0.5) is 4.39 Å². The lowest BCUT2D eigenvalue weighted by Gasteiger charge is -1.98. The van der Waals surface area contributed by atoms with Crippen molar-refractivity contribution in [1.82, 2.24) is 9.78 Å². The lowest BCUT2D eigenvalue weighted by molar-refractivity contribution is 0.0685. The predicted molar refractivity (Wildman–Crippen MR) is 52.3 cm³/mol. The number of hydrogen-bond donors (Lipinski definition) is 1. The molecule has 0 atom stereocenters. The van der Waals surface area contributed by atoms with E-state index in [-0.39, 0.29) is 11.2 Å². The normalized spacial score (nSPS) is 10.8. The lowest BCUT2D eigenvalue weighted by Crippen LogP contribution is -2.08. The van der Waals surface area contributed by atoms with Gasteiger partial charge in [0, 0.05) is 11.9 Å². The van der Waals surface area contributed by atoms with Gasteiger partial charge in [-0.15, -0.1) is 0 Å². The minimum Gasteiger partial charge on any atom is -0.477 e. The van der Waals surface area contributed by atoms with Gasteiger partial charge in [0.1, 0.15) is 5.52 Å². The van der Waals surface area contributed by atoms with Gasteiger partial charge in [-0.1, -0.05) is 12.1 Å². The fraction of sp³-hybridized carbons (Fsp3) is 0.200. The molecule has 78 valence electrons. The number of carbonyl (C=O) groups is 1. The summed E-state index contributed by atoms with van der Waals surface area (Å²) in [6.07, 6.45) is 0. The van der Waals surface area contributed by atoms with E-state index < -0.39 is 11.8 Å². The quantitative estimate of drug-likeness (QED) is 0.819. The number of benzene rings is 1. The van der Waals surface area contributed by atoms with E-state index in [4.69, 9.17) is 5.11 Å². The molecule has 0 unspecified atom stereocenters. The average Bonchev–Trinajstić information content (AvgIpc) is 2.57. The van der Waals surface area contributed by atoms with E-state index in [2.05, 4.69) is 5.10 Å². The van der Waals surface area contributed by atoms with Crippen molar-refractivity contribution in [1.29, 1.82) is 0 Å². The minimum atomic E-state index is -1.09. The van der Waals surface area contributed by atoms with E-state index in [1.807, 2.05) is 0 Å². The van der Waals surface area contributed by atoms with Crippen LogP contribution >= 0.6 is 0 Å². The molecule has 5 heteroatoms. The largest absolute Gasteiger partial charge is 0.477 e. The Balaban J connectivity index is 2.86. The Morgan fingerprint density at radius 2 is 2.33 bits per heavy atom. The zero-order valence-electron chi connectivity index (χ0n) is 8.07. The maximum Gasteiger partial charge on any atom is 0.354 e. The van der Waals surface area contributed by atoms with Crippen LogP contribution in [-0.2, 0) is 6.54 Å². The zero-order valence-corrected chi connectivity index (χ0v) is 8.07. The van der Waals surface area contributed by atoms with Crippen molar-refractivity contribution >= 4 is 16.9 Å². The maximum absolute atomic E-state index is 13.3. The number of hydrogen-bond acceptors (Lipinski definition) is 2. The van der Waals surface area contributed by atoms with Crippen molar-refractivity contribution in [3.8, 4) is 0 Å². The van der Waals surface area contributed by atoms with Crippen LogP contribution < -0.4 is 0 Å². The number of carboxylic acids is 1. The Kier molecular flexibility index (Phi) is 2.15. The predicted octanol–water partition coefficient (Wildman–Crippen LogP) is 1.89. The van der Waals surface area contributed by atoms with Gasteiger partial charge < -0.3 is 5.11 Å². The van der Waals surface area contributed by atoms with Crippen LogP contribution in [0, 0.1) is 5.82 Å². The third-order valence-electron chi connectivity index (χ3n) is 2.22. The molecule has 1 aromatic heterocycles. The van der Waals surface area contributed by atoms with Gasteiger partial charge in [-0.2, -0.15) is 5.10 Å². The van der Waals surface area contributed by atoms with E-state index in [9.17, 15) is 9.18 Å². The monoisotopic (exact) mass is 208 g/mol. The van der Waals surface area contributed by atoms with Gasteiger partial charge in [-0.05, 0) is 13.0 Å². The molecule has 1 N–H and O–H groups in total. The SMILES string of the molecule is CCn1nc2c(F)cccc2c1C(=O)O. The molecule has 0 bridgehead atoms. The number of aromatic nitrogens is 2. The summed E-state index contributed by atoms with van der Waals surface area (Å²) in [5.74, 6) is -1.59. The third-order valence-corrected chi connectivity index (χ3v) is 2.22. The van der Waals surface area contributed by atoms with Crippen molar-refractivity contribution in [2.45, 2.75) is 13.5 Å². The second kappa shape index (κ2) is 3.34. The van der Waals surface area contributed by atoms with Crippen LogP contribution in [0.25, 0.3) is 10.9 Å². The number of rotatable bonds is 2. The molecule has 0 spiro atoms. The topological polar surface area (TPSA) is 55.1 Å². The van der Waals surface area contributed by atoms with Crippen LogP contribution in [-0.4, -0.2) is 20.9 Å². The molecular weight excluding hydrogens is 199 g/mol.